The molecule has 0 atom stereocenters. The third kappa shape index (κ3) is 3.38. The van der Waals surface area contributed by atoms with E-state index in [0.29, 0.717) is 0 Å². The highest BCUT2D eigenvalue weighted by atomic mass is 16.6. The van der Waals surface area contributed by atoms with E-state index in [1.165, 1.54) is 24.3 Å². The quantitative estimate of drug-likeness (QED) is 0.379. The molecule has 0 aliphatic rings. The number of hydrogen-bond acceptors (Lipinski definition) is 7. The molecule has 4 N–H and O–H groups in total. The van der Waals surface area contributed by atoms with Gasteiger partial charge in [0.15, 0.2) is 17.2 Å². The van der Waals surface area contributed by atoms with Crippen molar-refractivity contribution in [1.82, 2.24) is 0 Å². The fraction of sp³-hybridized carbons (Fsp3) is 0. The number of carboxylic acid groups (broad SMARTS) is 1. The summed E-state index contributed by atoms with van der Waals surface area (Å²) < 4.78 is 4.54. The van der Waals surface area contributed by atoms with Gasteiger partial charge in [-0.1, -0.05) is 0 Å². The Morgan fingerprint density at radius 2 is 1.17 bits per heavy atom. The molecule has 118 valence electrons. The maximum absolute atomic E-state index is 11.8. The lowest BCUT2D eigenvalue weighted by atomic mass is 10.1. The topological polar surface area (TPSA) is 141 Å². The molecule has 2 aromatic carbocycles. The zero-order chi connectivity index (χ0) is 17.1. The predicted molar refractivity (Wildman–Crippen MR) is 74.6 cm³/mol. The summed E-state index contributed by atoms with van der Waals surface area (Å²) in [6.07, 6.45) is 0. The van der Waals surface area contributed by atoms with Gasteiger partial charge >= 0.3 is 17.9 Å². The summed E-state index contributed by atoms with van der Waals surface area (Å²) in [7, 11) is 0. The van der Waals surface area contributed by atoms with Crippen molar-refractivity contribution in [3.05, 3.63) is 53.1 Å². The van der Waals surface area contributed by atoms with E-state index in [1.54, 1.807) is 0 Å². The molecule has 0 saturated heterocycles. The Bertz CT molecular complexity index is 769. The van der Waals surface area contributed by atoms with E-state index in [4.69, 9.17) is 5.11 Å². The maximum atomic E-state index is 11.8. The van der Waals surface area contributed by atoms with Crippen molar-refractivity contribution in [3.63, 3.8) is 0 Å². The van der Waals surface area contributed by atoms with Crippen LogP contribution in [0.1, 0.15) is 31.1 Å². The van der Waals surface area contributed by atoms with Gasteiger partial charge in [-0.2, -0.15) is 0 Å². The second-order valence-electron chi connectivity index (χ2n) is 4.42. The minimum Gasteiger partial charge on any atom is -0.504 e. The van der Waals surface area contributed by atoms with Crippen LogP contribution in [-0.4, -0.2) is 38.3 Å². The lowest BCUT2D eigenvalue weighted by Gasteiger charge is -2.06. The third-order valence-electron chi connectivity index (χ3n) is 2.86. The van der Waals surface area contributed by atoms with Gasteiger partial charge in [-0.3, -0.25) is 0 Å². The van der Waals surface area contributed by atoms with Crippen LogP contribution in [0.3, 0.4) is 0 Å². The predicted octanol–water partition coefficient (Wildman–Crippen LogP) is 1.50. The van der Waals surface area contributed by atoms with Crippen molar-refractivity contribution in [2.75, 3.05) is 0 Å². The molecule has 0 radical (unpaired) electrons. The Balaban J connectivity index is 2.16. The number of aromatic hydroxyl groups is 3. The Labute approximate surface area is 128 Å². The Morgan fingerprint density at radius 1 is 0.739 bits per heavy atom. The first-order chi connectivity index (χ1) is 10.8. The average Bonchev–Trinajstić information content (AvgIpc) is 2.52. The number of hydrogen-bond donors (Lipinski definition) is 4. The normalized spacial score (nSPS) is 10.1. The molecular formula is C15H10O8. The van der Waals surface area contributed by atoms with Crippen LogP contribution in [0.25, 0.3) is 0 Å². The van der Waals surface area contributed by atoms with Crippen LogP contribution in [0.4, 0.5) is 0 Å². The van der Waals surface area contributed by atoms with Crippen LogP contribution >= 0.6 is 0 Å². The van der Waals surface area contributed by atoms with E-state index >= 15 is 0 Å². The molecule has 0 aliphatic carbocycles. The number of rotatable bonds is 3. The minimum absolute atomic E-state index is 0.0405. The minimum atomic E-state index is -1.17. The number of carbonyl (C=O) groups excluding carboxylic acids is 2. The van der Waals surface area contributed by atoms with Gasteiger partial charge in [-0.05, 0) is 36.4 Å². The molecule has 0 aromatic heterocycles. The summed E-state index contributed by atoms with van der Waals surface area (Å²) in [6, 6.07) is 6.31. The smallest absolute Gasteiger partial charge is 0.346 e. The zero-order valence-electron chi connectivity index (χ0n) is 11.4. The van der Waals surface area contributed by atoms with E-state index in [-0.39, 0.29) is 16.7 Å². The first-order valence-electron chi connectivity index (χ1n) is 6.14. The molecule has 0 fully saturated rings. The first kappa shape index (κ1) is 15.8. The Hall–Kier alpha value is -3.55. The molecule has 0 heterocycles. The van der Waals surface area contributed by atoms with Crippen LogP contribution in [0, 0.1) is 0 Å². The second kappa shape index (κ2) is 6.06. The van der Waals surface area contributed by atoms with Crippen molar-refractivity contribution < 1.29 is 39.5 Å². The van der Waals surface area contributed by atoms with Crippen LogP contribution < -0.4 is 0 Å². The van der Waals surface area contributed by atoms with Crippen LogP contribution in [0.2, 0.25) is 0 Å². The number of phenols is 3. The molecule has 8 heteroatoms. The number of phenolic OH excluding ortho intramolecular Hbond substituents is 3. The summed E-state index contributed by atoms with van der Waals surface area (Å²) >= 11 is 0. The number of aromatic carboxylic acids is 1. The monoisotopic (exact) mass is 318 g/mol. The Morgan fingerprint density at radius 3 is 1.65 bits per heavy atom. The van der Waals surface area contributed by atoms with Gasteiger partial charge in [0.2, 0.25) is 0 Å². The summed E-state index contributed by atoms with van der Waals surface area (Å²) in [5.41, 5.74) is -0.454. The average molecular weight is 318 g/mol. The molecule has 8 nitrogen and oxygen atoms in total. The molecule has 2 rings (SSSR count). The molecule has 0 saturated carbocycles. The largest absolute Gasteiger partial charge is 0.504 e. The van der Waals surface area contributed by atoms with Gasteiger partial charge in [0.1, 0.15) is 0 Å². The van der Waals surface area contributed by atoms with Gasteiger partial charge in [-0.25, -0.2) is 14.4 Å². The van der Waals surface area contributed by atoms with Gasteiger partial charge < -0.3 is 25.2 Å². The summed E-state index contributed by atoms with van der Waals surface area (Å²) in [5, 5.41) is 36.5. The molecule has 0 bridgehead atoms. The zero-order valence-corrected chi connectivity index (χ0v) is 11.4. The highest BCUT2D eigenvalue weighted by Gasteiger charge is 2.19. The third-order valence-corrected chi connectivity index (χ3v) is 2.86. The van der Waals surface area contributed by atoms with Crippen molar-refractivity contribution in [3.8, 4) is 17.2 Å². The lowest BCUT2D eigenvalue weighted by Crippen LogP contribution is -2.13. The van der Waals surface area contributed by atoms with Gasteiger partial charge in [0.05, 0.1) is 16.7 Å². The number of carboxylic acids is 1. The molecular weight excluding hydrogens is 308 g/mol. The second-order valence-corrected chi connectivity index (χ2v) is 4.42. The van der Waals surface area contributed by atoms with Crippen molar-refractivity contribution >= 4 is 17.9 Å². The molecule has 0 amide bonds. The highest BCUT2D eigenvalue weighted by Crippen LogP contribution is 2.35. The fourth-order valence-electron chi connectivity index (χ4n) is 1.67. The molecule has 0 spiro atoms. The number of benzene rings is 2. The first-order valence-corrected chi connectivity index (χ1v) is 6.14. The van der Waals surface area contributed by atoms with E-state index in [9.17, 15) is 29.7 Å². The SMILES string of the molecule is O=C(O)c1ccc(C(=O)OC(=O)c2cc(O)c(O)c(O)c2)cc1. The molecule has 2 aromatic rings. The van der Waals surface area contributed by atoms with Crippen molar-refractivity contribution in [2.24, 2.45) is 0 Å². The van der Waals surface area contributed by atoms with Crippen molar-refractivity contribution in [1.29, 1.82) is 0 Å². The maximum Gasteiger partial charge on any atom is 0.346 e. The Kier molecular flexibility index (Phi) is 4.17. The number of carbonyl (C=O) groups is 3. The van der Waals surface area contributed by atoms with Crippen LogP contribution in [-0.2, 0) is 4.74 Å². The van der Waals surface area contributed by atoms with E-state index in [1.807, 2.05) is 0 Å². The fourth-order valence-corrected chi connectivity index (χ4v) is 1.67. The van der Waals surface area contributed by atoms with Gasteiger partial charge in [0.25, 0.3) is 0 Å². The standard InChI is InChI=1S/C15H10O8/c16-10-5-9(6-11(17)12(10)18)15(22)23-14(21)8-3-1-7(2-4-8)13(19)20/h1-6,16-18H,(H,19,20). The molecule has 0 aliphatic heterocycles. The van der Waals surface area contributed by atoms with Crippen molar-refractivity contribution in [2.45, 2.75) is 0 Å². The summed E-state index contributed by atoms with van der Waals surface area (Å²) in [4.78, 5) is 34.3. The van der Waals surface area contributed by atoms with Crippen LogP contribution in [0.5, 0.6) is 17.2 Å². The van der Waals surface area contributed by atoms with E-state index < -0.39 is 35.2 Å². The van der Waals surface area contributed by atoms with Crippen LogP contribution in [0.15, 0.2) is 36.4 Å². The van der Waals surface area contributed by atoms with E-state index in [0.717, 1.165) is 12.1 Å². The van der Waals surface area contributed by atoms with Gasteiger partial charge in [-0.15, -0.1) is 0 Å². The molecule has 0 unspecified atom stereocenters. The summed E-state index contributed by atoms with van der Waals surface area (Å²) in [5.74, 6) is -5.69. The van der Waals surface area contributed by atoms with Gasteiger partial charge in [0, 0.05) is 0 Å². The highest BCUT2D eigenvalue weighted by molar-refractivity contribution is 6.03. The number of esters is 2. The lowest BCUT2D eigenvalue weighted by molar-refractivity contribution is 0.0396. The van der Waals surface area contributed by atoms with E-state index in [2.05, 4.69) is 4.74 Å². The summed E-state index contributed by atoms with van der Waals surface area (Å²) in [6.45, 7) is 0. The number of ether oxygens (including phenoxy) is 1. The molecule has 23 heavy (non-hydrogen) atoms.